The number of nitrogens with zero attached hydrogens (tertiary/aromatic N) is 4. The van der Waals surface area contributed by atoms with Crippen molar-refractivity contribution in [1.29, 1.82) is 5.26 Å². The van der Waals surface area contributed by atoms with Crippen LogP contribution in [0.25, 0.3) is 0 Å². The maximum Gasteiger partial charge on any atom is 0.274 e. The normalized spacial score (nSPS) is 14.5. The Morgan fingerprint density at radius 2 is 1.86 bits per heavy atom. The summed E-state index contributed by atoms with van der Waals surface area (Å²) in [6.45, 7) is 2.63. The van der Waals surface area contributed by atoms with E-state index in [-0.39, 0.29) is 24.6 Å². The van der Waals surface area contributed by atoms with Crippen LogP contribution in [0.4, 0.5) is 0 Å². The summed E-state index contributed by atoms with van der Waals surface area (Å²) >= 11 is 0. The number of aryl methyl sites for hydroxylation is 1. The van der Waals surface area contributed by atoms with Crippen molar-refractivity contribution < 1.29 is 14.7 Å². The monoisotopic (exact) mass is 472 g/mol. The van der Waals surface area contributed by atoms with Crippen molar-refractivity contribution in [2.24, 2.45) is 0 Å². The fourth-order valence-electron chi connectivity index (χ4n) is 4.32. The predicted octanol–water partition coefficient (Wildman–Crippen LogP) is 1.87. The fraction of sp³-hybridized carbons (Fsp3) is 0.346. The minimum absolute atomic E-state index is 0.0154. The van der Waals surface area contributed by atoms with Gasteiger partial charge in [-0.1, -0.05) is 60.7 Å². The Morgan fingerprint density at radius 1 is 1.17 bits per heavy atom. The van der Waals surface area contributed by atoms with Crippen LogP contribution in [0, 0.1) is 11.3 Å². The summed E-state index contributed by atoms with van der Waals surface area (Å²) in [4.78, 5) is 24.9. The zero-order chi connectivity index (χ0) is 24.8. The molecule has 0 radical (unpaired) electrons. The number of nitrogens with one attached hydrogen (secondary N) is 2. The highest BCUT2D eigenvalue weighted by Gasteiger charge is 2.36. The summed E-state index contributed by atoms with van der Waals surface area (Å²) in [5.74, 6) is -0.751. The molecule has 180 valence electrons. The molecule has 1 aliphatic carbocycles. The topological polar surface area (TPSA) is 133 Å². The molecule has 2 amide bonds. The Labute approximate surface area is 203 Å². The lowest BCUT2D eigenvalue weighted by molar-refractivity contribution is -0.125. The molecule has 0 saturated carbocycles. The molecule has 0 fully saturated rings. The van der Waals surface area contributed by atoms with Crippen molar-refractivity contribution in [3.8, 4) is 6.07 Å². The molecule has 0 spiro atoms. The van der Waals surface area contributed by atoms with E-state index in [2.05, 4.69) is 27.0 Å². The fourth-order valence-corrected chi connectivity index (χ4v) is 4.32. The van der Waals surface area contributed by atoms with E-state index >= 15 is 0 Å². The first-order chi connectivity index (χ1) is 16.9. The van der Waals surface area contributed by atoms with Gasteiger partial charge < -0.3 is 15.7 Å². The molecule has 1 aliphatic rings. The van der Waals surface area contributed by atoms with Gasteiger partial charge in [-0.3, -0.25) is 9.59 Å². The van der Waals surface area contributed by atoms with Gasteiger partial charge in [0.05, 0.1) is 30.8 Å². The summed E-state index contributed by atoms with van der Waals surface area (Å²) in [7, 11) is 0. The Balaban J connectivity index is 1.24. The van der Waals surface area contributed by atoms with E-state index in [1.807, 2.05) is 55.5 Å². The predicted molar refractivity (Wildman–Crippen MR) is 128 cm³/mol. The molecule has 0 aliphatic heterocycles. The van der Waals surface area contributed by atoms with Gasteiger partial charge in [0.2, 0.25) is 5.91 Å². The number of rotatable bonds is 9. The molecule has 3 N–H and O–H groups in total. The molecular weight excluding hydrogens is 444 g/mol. The number of aliphatic hydroxyl groups is 1. The first-order valence-corrected chi connectivity index (χ1v) is 11.6. The van der Waals surface area contributed by atoms with E-state index in [1.165, 1.54) is 10.9 Å². The van der Waals surface area contributed by atoms with Gasteiger partial charge in [0.25, 0.3) is 5.91 Å². The smallest absolute Gasteiger partial charge is 0.274 e. The molecule has 1 aromatic heterocycles. The molecule has 3 aromatic rings. The largest absolute Gasteiger partial charge is 0.389 e. The lowest BCUT2D eigenvalue weighted by Crippen LogP contribution is -2.38. The van der Waals surface area contributed by atoms with Gasteiger partial charge in [-0.15, -0.1) is 5.10 Å². The quantitative estimate of drug-likeness (QED) is 0.435. The number of aromatic nitrogens is 3. The lowest BCUT2D eigenvalue weighted by atomic mass is 9.96. The summed E-state index contributed by atoms with van der Waals surface area (Å²) in [5, 5.41) is 33.6. The molecule has 1 atom stereocenters. The third-order valence-corrected chi connectivity index (χ3v) is 6.21. The van der Waals surface area contributed by atoms with Crippen molar-refractivity contribution in [3.05, 3.63) is 82.7 Å². The highest BCUT2D eigenvalue weighted by atomic mass is 16.3. The Kier molecular flexibility index (Phi) is 7.22. The molecule has 9 nitrogen and oxygen atoms in total. The van der Waals surface area contributed by atoms with E-state index in [1.54, 1.807) is 0 Å². The Hall–Kier alpha value is -4.03. The van der Waals surface area contributed by atoms with Gasteiger partial charge in [0.1, 0.15) is 6.04 Å². The number of hydrogen-bond donors (Lipinski definition) is 3. The van der Waals surface area contributed by atoms with Gasteiger partial charge in [-0.05, 0) is 28.7 Å². The zero-order valence-electron chi connectivity index (χ0n) is 19.6. The van der Waals surface area contributed by atoms with Crippen molar-refractivity contribution in [1.82, 2.24) is 25.6 Å². The van der Waals surface area contributed by atoms with E-state index in [9.17, 15) is 20.0 Å². The summed E-state index contributed by atoms with van der Waals surface area (Å²) in [6, 6.07) is 16.6. The van der Waals surface area contributed by atoms with Gasteiger partial charge in [0, 0.05) is 19.4 Å². The molecule has 1 unspecified atom stereocenters. The average Bonchev–Trinajstić information content (AvgIpc) is 3.46. The molecule has 9 heteroatoms. The summed E-state index contributed by atoms with van der Waals surface area (Å²) in [5.41, 5.74) is 3.01. The minimum Gasteiger partial charge on any atom is -0.389 e. The molecule has 2 aromatic carbocycles. The zero-order valence-corrected chi connectivity index (χ0v) is 19.6. The molecule has 1 heterocycles. The van der Waals surface area contributed by atoms with Crippen molar-refractivity contribution in [3.63, 3.8) is 0 Å². The Morgan fingerprint density at radius 3 is 2.49 bits per heavy atom. The standard InChI is InChI=1S/C26H28N6O3/c1-2-18-7-9-19(10-8-18)22(16-27)29-25(34)23-17-32(31-30-23)12-11-28-24(33)15-26(35)13-20-5-3-4-6-21(20)14-26/h3-10,17,22,35H,2,11-15H2,1H3,(H,28,33)(H,29,34). The summed E-state index contributed by atoms with van der Waals surface area (Å²) in [6.07, 6.45) is 3.30. The number of nitriles is 1. The lowest BCUT2D eigenvalue weighted by Gasteiger charge is -2.21. The average molecular weight is 473 g/mol. The number of carbonyl (C=O) groups excluding carboxylic acids is 2. The Bertz CT molecular complexity index is 1220. The first-order valence-electron chi connectivity index (χ1n) is 11.6. The second-order valence-electron chi connectivity index (χ2n) is 8.87. The number of benzene rings is 2. The minimum atomic E-state index is -1.07. The highest BCUT2D eigenvalue weighted by molar-refractivity contribution is 5.92. The highest BCUT2D eigenvalue weighted by Crippen LogP contribution is 2.32. The van der Waals surface area contributed by atoms with E-state index in [4.69, 9.17) is 0 Å². The van der Waals surface area contributed by atoms with E-state index < -0.39 is 17.6 Å². The van der Waals surface area contributed by atoms with Crippen LogP contribution in [0.3, 0.4) is 0 Å². The van der Waals surface area contributed by atoms with Crippen LogP contribution in [0.5, 0.6) is 0 Å². The van der Waals surface area contributed by atoms with Gasteiger partial charge in [0.15, 0.2) is 5.69 Å². The third-order valence-electron chi connectivity index (χ3n) is 6.21. The molecular formula is C26H28N6O3. The first kappa shape index (κ1) is 24.1. The van der Waals surface area contributed by atoms with Crippen molar-refractivity contribution in [2.75, 3.05) is 6.54 Å². The second kappa shape index (κ2) is 10.5. The molecule has 0 bridgehead atoms. The van der Waals surface area contributed by atoms with Crippen LogP contribution in [0.2, 0.25) is 0 Å². The summed E-state index contributed by atoms with van der Waals surface area (Å²) < 4.78 is 1.45. The number of amides is 2. The molecule has 0 saturated heterocycles. The van der Waals surface area contributed by atoms with Crippen LogP contribution < -0.4 is 10.6 Å². The number of fused-ring (bicyclic) bond motifs is 1. The maximum absolute atomic E-state index is 12.6. The van der Waals surface area contributed by atoms with Gasteiger partial charge >= 0.3 is 0 Å². The maximum atomic E-state index is 12.6. The van der Waals surface area contributed by atoms with Crippen molar-refractivity contribution in [2.45, 2.75) is 50.8 Å². The van der Waals surface area contributed by atoms with Gasteiger partial charge in [-0.2, -0.15) is 5.26 Å². The van der Waals surface area contributed by atoms with Crippen LogP contribution in [0.15, 0.2) is 54.7 Å². The van der Waals surface area contributed by atoms with E-state index in [0.717, 1.165) is 23.1 Å². The third kappa shape index (κ3) is 5.91. The molecule has 35 heavy (non-hydrogen) atoms. The van der Waals surface area contributed by atoms with Gasteiger partial charge in [-0.25, -0.2) is 4.68 Å². The van der Waals surface area contributed by atoms with Crippen LogP contribution in [0.1, 0.15) is 52.1 Å². The van der Waals surface area contributed by atoms with Crippen LogP contribution in [-0.2, 0) is 30.6 Å². The SMILES string of the molecule is CCc1ccc(C(C#N)NC(=O)c2cn(CCNC(=O)CC3(O)Cc4ccccc4C3)nn2)cc1. The number of carbonyl (C=O) groups is 2. The van der Waals surface area contributed by atoms with E-state index in [0.29, 0.717) is 24.9 Å². The second-order valence-corrected chi connectivity index (χ2v) is 8.87. The van der Waals surface area contributed by atoms with Crippen LogP contribution >= 0.6 is 0 Å². The van der Waals surface area contributed by atoms with Crippen LogP contribution in [-0.4, -0.2) is 44.1 Å². The van der Waals surface area contributed by atoms with Crippen molar-refractivity contribution >= 4 is 11.8 Å². The molecule has 4 rings (SSSR count). The number of hydrogen-bond acceptors (Lipinski definition) is 6.